The normalized spacial score (nSPS) is 24.2. The minimum atomic E-state index is 0.0260. The molecule has 0 spiro atoms. The predicted octanol–water partition coefficient (Wildman–Crippen LogP) is 2.62. The fourth-order valence-electron chi connectivity index (χ4n) is 2.79. The Morgan fingerprint density at radius 2 is 1.61 bits per heavy atom. The van der Waals surface area contributed by atoms with Crippen molar-refractivity contribution in [2.24, 2.45) is 0 Å². The minimum Gasteiger partial charge on any atom is -0.484 e. The third-order valence-corrected chi connectivity index (χ3v) is 4.32. The van der Waals surface area contributed by atoms with Gasteiger partial charge in [0.05, 0.1) is 31.9 Å². The van der Waals surface area contributed by atoms with Crippen LogP contribution in [0.2, 0.25) is 5.15 Å². The van der Waals surface area contributed by atoms with E-state index in [1.807, 2.05) is 12.1 Å². The quantitative estimate of drug-likeness (QED) is 0.800. The largest absolute Gasteiger partial charge is 0.484 e. The van der Waals surface area contributed by atoms with Gasteiger partial charge in [-0.05, 0) is 6.07 Å². The van der Waals surface area contributed by atoms with Gasteiger partial charge < -0.3 is 18.9 Å². The number of fused-ring (bicyclic) bond motifs is 1. The Morgan fingerprint density at radius 1 is 0.957 bits per heavy atom. The monoisotopic (exact) mass is 336 g/mol. The van der Waals surface area contributed by atoms with E-state index in [2.05, 4.69) is 9.97 Å². The molecule has 2 fully saturated rings. The fraction of sp³-hybridized carbons (Fsp3) is 0.500. The van der Waals surface area contributed by atoms with E-state index in [1.54, 1.807) is 0 Å². The van der Waals surface area contributed by atoms with Crippen LogP contribution in [0.5, 0.6) is 11.5 Å². The molecule has 0 bridgehead atoms. The first-order valence-corrected chi connectivity index (χ1v) is 8.10. The molecular weight excluding hydrogens is 320 g/mol. The van der Waals surface area contributed by atoms with Crippen molar-refractivity contribution >= 4 is 22.5 Å². The van der Waals surface area contributed by atoms with E-state index >= 15 is 0 Å². The topological polar surface area (TPSA) is 62.7 Å². The molecule has 2 aliphatic heterocycles. The van der Waals surface area contributed by atoms with E-state index in [-0.39, 0.29) is 12.2 Å². The van der Waals surface area contributed by atoms with Gasteiger partial charge in [0.25, 0.3) is 0 Å². The number of halogens is 1. The summed E-state index contributed by atoms with van der Waals surface area (Å²) in [5.41, 5.74) is 0.730. The molecule has 0 aliphatic carbocycles. The smallest absolute Gasteiger partial charge is 0.163 e. The Balaban J connectivity index is 1.70. The molecule has 0 saturated carbocycles. The van der Waals surface area contributed by atoms with Gasteiger partial charge in [0.15, 0.2) is 11.5 Å². The van der Waals surface area contributed by atoms with Gasteiger partial charge in [-0.1, -0.05) is 11.6 Å². The summed E-state index contributed by atoms with van der Waals surface area (Å²) in [7, 11) is 0. The lowest BCUT2D eigenvalue weighted by atomic mass is 10.2. The van der Waals surface area contributed by atoms with Crippen molar-refractivity contribution in [3.8, 4) is 11.5 Å². The van der Waals surface area contributed by atoms with E-state index in [4.69, 9.17) is 30.5 Å². The molecule has 2 saturated heterocycles. The summed E-state index contributed by atoms with van der Waals surface area (Å²) in [4.78, 5) is 8.29. The van der Waals surface area contributed by atoms with E-state index in [9.17, 15) is 0 Å². The standard InChI is InChI=1S/C16H17ClN2O4/c17-16-12-5-14(22-10-1-3-20-7-10)15(6-13(12)18-9-19-16)23-11-2-4-21-8-11/h5-6,9-11H,1-4,7-8H2/t10-,11-/m1/s1. The molecule has 122 valence electrons. The Hall–Kier alpha value is -1.63. The molecule has 0 radical (unpaired) electrons. The third kappa shape index (κ3) is 3.20. The van der Waals surface area contributed by atoms with Gasteiger partial charge in [0.1, 0.15) is 23.7 Å². The first-order valence-electron chi connectivity index (χ1n) is 7.72. The van der Waals surface area contributed by atoms with Gasteiger partial charge in [0, 0.05) is 24.3 Å². The molecule has 23 heavy (non-hydrogen) atoms. The number of benzene rings is 1. The zero-order valence-electron chi connectivity index (χ0n) is 12.5. The summed E-state index contributed by atoms with van der Waals surface area (Å²) in [5.74, 6) is 1.31. The highest BCUT2D eigenvalue weighted by Gasteiger charge is 2.23. The van der Waals surface area contributed by atoms with E-state index in [1.165, 1.54) is 6.33 Å². The van der Waals surface area contributed by atoms with Crippen LogP contribution in [0.15, 0.2) is 18.5 Å². The maximum Gasteiger partial charge on any atom is 0.163 e. The van der Waals surface area contributed by atoms with Gasteiger partial charge in [0.2, 0.25) is 0 Å². The second kappa shape index (κ2) is 6.47. The molecule has 1 aromatic carbocycles. The van der Waals surface area contributed by atoms with Crippen LogP contribution in [-0.2, 0) is 9.47 Å². The summed E-state index contributed by atoms with van der Waals surface area (Å²) in [6.45, 7) is 2.62. The maximum atomic E-state index is 6.18. The second-order valence-electron chi connectivity index (χ2n) is 5.69. The van der Waals surface area contributed by atoms with Gasteiger partial charge in [-0.2, -0.15) is 0 Å². The van der Waals surface area contributed by atoms with Crippen molar-refractivity contribution in [2.75, 3.05) is 26.4 Å². The van der Waals surface area contributed by atoms with Crippen LogP contribution >= 0.6 is 11.6 Å². The number of aromatic nitrogens is 2. The highest BCUT2D eigenvalue weighted by Crippen LogP contribution is 2.36. The predicted molar refractivity (Wildman–Crippen MR) is 84.3 cm³/mol. The van der Waals surface area contributed by atoms with Crippen LogP contribution in [0.25, 0.3) is 10.9 Å². The van der Waals surface area contributed by atoms with Crippen LogP contribution in [-0.4, -0.2) is 48.6 Å². The molecule has 1 aromatic heterocycles. The summed E-state index contributed by atoms with van der Waals surface area (Å²) in [6.07, 6.45) is 3.24. The molecule has 3 heterocycles. The molecule has 2 atom stereocenters. The summed E-state index contributed by atoms with van der Waals surface area (Å²) in [6, 6.07) is 3.70. The first-order chi connectivity index (χ1) is 11.3. The lowest BCUT2D eigenvalue weighted by molar-refractivity contribution is 0.123. The van der Waals surface area contributed by atoms with Crippen LogP contribution in [0.1, 0.15) is 12.8 Å². The zero-order valence-corrected chi connectivity index (χ0v) is 13.3. The van der Waals surface area contributed by atoms with Crippen molar-refractivity contribution in [1.82, 2.24) is 9.97 Å². The number of nitrogens with zero attached hydrogens (tertiary/aromatic N) is 2. The van der Waals surface area contributed by atoms with Crippen molar-refractivity contribution < 1.29 is 18.9 Å². The average molecular weight is 337 g/mol. The molecule has 2 aromatic rings. The Morgan fingerprint density at radius 3 is 2.22 bits per heavy atom. The van der Waals surface area contributed by atoms with Gasteiger partial charge in [-0.25, -0.2) is 9.97 Å². The lowest BCUT2D eigenvalue weighted by Crippen LogP contribution is -2.19. The molecule has 2 aliphatic rings. The van der Waals surface area contributed by atoms with Crippen molar-refractivity contribution in [1.29, 1.82) is 0 Å². The van der Waals surface area contributed by atoms with Crippen molar-refractivity contribution in [3.05, 3.63) is 23.6 Å². The molecule has 0 N–H and O–H groups in total. The Bertz CT molecular complexity index is 700. The molecule has 0 unspecified atom stereocenters. The van der Waals surface area contributed by atoms with Gasteiger partial charge >= 0.3 is 0 Å². The van der Waals surface area contributed by atoms with E-state index < -0.39 is 0 Å². The fourth-order valence-corrected chi connectivity index (χ4v) is 2.98. The molecule has 6 nitrogen and oxygen atoms in total. The second-order valence-corrected chi connectivity index (χ2v) is 6.05. The Kier molecular flexibility index (Phi) is 4.20. The van der Waals surface area contributed by atoms with Crippen LogP contribution in [0, 0.1) is 0 Å². The van der Waals surface area contributed by atoms with E-state index in [0.717, 1.165) is 37.0 Å². The highest BCUT2D eigenvalue weighted by atomic mass is 35.5. The molecular formula is C16H17ClN2O4. The lowest BCUT2D eigenvalue weighted by Gasteiger charge is -2.19. The Labute approximate surface area is 138 Å². The summed E-state index contributed by atoms with van der Waals surface area (Å²) in [5, 5.41) is 1.15. The number of hydrogen-bond acceptors (Lipinski definition) is 6. The van der Waals surface area contributed by atoms with Gasteiger partial charge in [-0.15, -0.1) is 0 Å². The van der Waals surface area contributed by atoms with Crippen LogP contribution in [0.4, 0.5) is 0 Å². The zero-order chi connectivity index (χ0) is 15.6. The first kappa shape index (κ1) is 14.9. The third-order valence-electron chi connectivity index (χ3n) is 4.02. The SMILES string of the molecule is Clc1ncnc2cc(O[C@@H]3CCOC3)c(O[C@@H]3CCOC3)cc12. The molecule has 7 heteroatoms. The number of ether oxygens (including phenoxy) is 4. The van der Waals surface area contributed by atoms with Crippen LogP contribution in [0.3, 0.4) is 0 Å². The van der Waals surface area contributed by atoms with Crippen molar-refractivity contribution in [3.63, 3.8) is 0 Å². The maximum absolute atomic E-state index is 6.18. The van der Waals surface area contributed by atoms with Gasteiger partial charge in [-0.3, -0.25) is 0 Å². The highest BCUT2D eigenvalue weighted by molar-refractivity contribution is 6.34. The van der Waals surface area contributed by atoms with Crippen molar-refractivity contribution in [2.45, 2.75) is 25.0 Å². The van der Waals surface area contributed by atoms with Crippen LogP contribution < -0.4 is 9.47 Å². The summed E-state index contributed by atoms with van der Waals surface area (Å²) < 4.78 is 22.9. The number of rotatable bonds is 4. The van der Waals surface area contributed by atoms with E-state index in [0.29, 0.717) is 29.9 Å². The minimum absolute atomic E-state index is 0.0260. The molecule has 4 rings (SSSR count). The number of hydrogen-bond donors (Lipinski definition) is 0. The average Bonchev–Trinajstić information content (AvgIpc) is 3.22. The molecule has 0 amide bonds. The summed E-state index contributed by atoms with van der Waals surface area (Å²) >= 11 is 6.18.